The lowest BCUT2D eigenvalue weighted by Crippen LogP contribution is -2.15. The summed E-state index contributed by atoms with van der Waals surface area (Å²) in [6.45, 7) is 1.73. The van der Waals surface area contributed by atoms with Gasteiger partial charge in [0.05, 0.1) is 21.8 Å². The molecule has 0 aliphatic heterocycles. The molecule has 6 nitrogen and oxygen atoms in total. The van der Waals surface area contributed by atoms with E-state index < -0.39 is 11.9 Å². The van der Waals surface area contributed by atoms with Crippen LogP contribution in [0.15, 0.2) is 30.5 Å². The molecule has 108 valence electrons. The first-order chi connectivity index (χ1) is 9.88. The van der Waals surface area contributed by atoms with Crippen molar-refractivity contribution in [2.75, 3.05) is 5.32 Å². The number of anilines is 1. The number of nitrogens with one attached hydrogen (secondary N) is 1. The van der Waals surface area contributed by atoms with E-state index in [1.165, 1.54) is 24.4 Å². The van der Waals surface area contributed by atoms with Crippen LogP contribution in [0.2, 0.25) is 5.02 Å². The van der Waals surface area contributed by atoms with Crippen molar-refractivity contribution in [1.82, 2.24) is 4.98 Å². The van der Waals surface area contributed by atoms with Crippen molar-refractivity contribution < 1.29 is 19.8 Å². The fourth-order valence-electron chi connectivity index (χ4n) is 1.70. The molecule has 2 rings (SSSR count). The zero-order valence-corrected chi connectivity index (χ0v) is 11.7. The molecule has 0 radical (unpaired) electrons. The Kier molecular flexibility index (Phi) is 4.09. The molecule has 2 aromatic rings. The van der Waals surface area contributed by atoms with Gasteiger partial charge in [0.15, 0.2) is 0 Å². The number of pyridine rings is 1. The van der Waals surface area contributed by atoms with Gasteiger partial charge in [-0.15, -0.1) is 0 Å². The average Bonchev–Trinajstić information content (AvgIpc) is 2.40. The Morgan fingerprint density at radius 2 is 1.95 bits per heavy atom. The summed E-state index contributed by atoms with van der Waals surface area (Å²) < 4.78 is 0. The summed E-state index contributed by atoms with van der Waals surface area (Å²) in [7, 11) is 0. The quantitative estimate of drug-likeness (QED) is 0.757. The maximum Gasteiger partial charge on any atom is 0.337 e. The van der Waals surface area contributed by atoms with Crippen molar-refractivity contribution >= 4 is 29.2 Å². The minimum absolute atomic E-state index is 0.0574. The number of carboxylic acid groups (broad SMARTS) is 1. The summed E-state index contributed by atoms with van der Waals surface area (Å²) in [6, 6.07) is 5.15. The number of hydrogen-bond acceptors (Lipinski definition) is 4. The van der Waals surface area contributed by atoms with Crippen LogP contribution < -0.4 is 5.32 Å². The molecular weight excluding hydrogens is 296 g/mol. The standard InChI is InChI=1S/C14H11ClN2O4/c1-7-4-11(15)10(6-16-7)13(19)17-12-3-2-8(18)5-9(12)14(20)21/h2-6,18H,1H3,(H,17,19)(H,20,21). The van der Waals surface area contributed by atoms with Gasteiger partial charge in [-0.2, -0.15) is 0 Å². The van der Waals surface area contributed by atoms with E-state index in [-0.39, 0.29) is 27.6 Å². The Morgan fingerprint density at radius 3 is 2.57 bits per heavy atom. The number of hydrogen-bond donors (Lipinski definition) is 3. The topological polar surface area (TPSA) is 99.5 Å². The molecule has 0 unspecified atom stereocenters. The van der Waals surface area contributed by atoms with Gasteiger partial charge in [-0.25, -0.2) is 4.79 Å². The molecule has 0 saturated heterocycles. The SMILES string of the molecule is Cc1cc(Cl)c(C(=O)Nc2ccc(O)cc2C(=O)O)cn1. The number of phenols is 1. The first kappa shape index (κ1) is 14.8. The van der Waals surface area contributed by atoms with Gasteiger partial charge < -0.3 is 15.5 Å². The normalized spacial score (nSPS) is 10.2. The number of halogens is 1. The maximum absolute atomic E-state index is 12.1. The molecule has 21 heavy (non-hydrogen) atoms. The third kappa shape index (κ3) is 3.29. The van der Waals surface area contributed by atoms with E-state index in [2.05, 4.69) is 10.3 Å². The second-order valence-electron chi connectivity index (χ2n) is 4.29. The number of rotatable bonds is 3. The van der Waals surface area contributed by atoms with Gasteiger partial charge in [-0.05, 0) is 31.2 Å². The van der Waals surface area contributed by atoms with Gasteiger partial charge in [0, 0.05) is 11.9 Å². The number of aromatic nitrogens is 1. The van der Waals surface area contributed by atoms with Crippen LogP contribution in [0, 0.1) is 6.92 Å². The van der Waals surface area contributed by atoms with Crippen molar-refractivity contribution in [2.45, 2.75) is 6.92 Å². The van der Waals surface area contributed by atoms with E-state index in [1.54, 1.807) is 6.92 Å². The minimum Gasteiger partial charge on any atom is -0.508 e. The molecule has 1 aromatic carbocycles. The van der Waals surface area contributed by atoms with E-state index in [9.17, 15) is 14.7 Å². The third-order valence-electron chi connectivity index (χ3n) is 2.72. The zero-order chi connectivity index (χ0) is 15.6. The first-order valence-electron chi connectivity index (χ1n) is 5.88. The first-order valence-corrected chi connectivity index (χ1v) is 6.26. The number of aromatic hydroxyl groups is 1. The van der Waals surface area contributed by atoms with Gasteiger partial charge in [-0.1, -0.05) is 11.6 Å². The van der Waals surface area contributed by atoms with Crippen LogP contribution >= 0.6 is 11.6 Å². The van der Waals surface area contributed by atoms with Gasteiger partial charge in [0.1, 0.15) is 5.75 Å². The number of aromatic carboxylic acids is 1. The van der Waals surface area contributed by atoms with Crippen LogP contribution in [0.25, 0.3) is 0 Å². The number of amides is 1. The van der Waals surface area contributed by atoms with E-state index in [0.717, 1.165) is 6.07 Å². The Morgan fingerprint density at radius 1 is 1.24 bits per heavy atom. The minimum atomic E-state index is -1.27. The molecule has 1 amide bonds. The number of aryl methyl sites for hydroxylation is 1. The Bertz CT molecular complexity index is 731. The largest absolute Gasteiger partial charge is 0.508 e. The van der Waals surface area contributed by atoms with Gasteiger partial charge >= 0.3 is 5.97 Å². The highest BCUT2D eigenvalue weighted by Crippen LogP contribution is 2.23. The highest BCUT2D eigenvalue weighted by atomic mass is 35.5. The highest BCUT2D eigenvalue weighted by Gasteiger charge is 2.16. The van der Waals surface area contributed by atoms with Crippen LogP contribution in [-0.2, 0) is 0 Å². The second kappa shape index (κ2) is 5.80. The fourth-order valence-corrected chi connectivity index (χ4v) is 1.99. The molecule has 0 saturated carbocycles. The number of carboxylic acids is 1. The summed E-state index contributed by atoms with van der Waals surface area (Å²) in [5, 5.41) is 21.0. The smallest absolute Gasteiger partial charge is 0.337 e. The van der Waals surface area contributed by atoms with Crippen molar-refractivity contribution in [3.05, 3.63) is 52.3 Å². The van der Waals surface area contributed by atoms with E-state index in [0.29, 0.717) is 5.69 Å². The Hall–Kier alpha value is -2.60. The Labute approximate surface area is 125 Å². The van der Waals surface area contributed by atoms with E-state index in [4.69, 9.17) is 16.7 Å². The lowest BCUT2D eigenvalue weighted by Gasteiger charge is -2.10. The maximum atomic E-state index is 12.1. The zero-order valence-electron chi connectivity index (χ0n) is 10.9. The van der Waals surface area contributed by atoms with Crippen molar-refractivity contribution in [3.63, 3.8) is 0 Å². The summed E-state index contributed by atoms with van der Waals surface area (Å²) in [5.74, 6) is -2.06. The van der Waals surface area contributed by atoms with Gasteiger partial charge in [0.2, 0.25) is 0 Å². The summed E-state index contributed by atoms with van der Waals surface area (Å²) in [5.41, 5.74) is 0.626. The summed E-state index contributed by atoms with van der Waals surface area (Å²) in [6.07, 6.45) is 1.31. The van der Waals surface area contributed by atoms with Crippen LogP contribution in [0.4, 0.5) is 5.69 Å². The lowest BCUT2D eigenvalue weighted by atomic mass is 10.1. The predicted molar refractivity (Wildman–Crippen MR) is 77.0 cm³/mol. The van der Waals surface area contributed by atoms with Crippen molar-refractivity contribution in [3.8, 4) is 5.75 Å². The van der Waals surface area contributed by atoms with Crippen LogP contribution in [0.1, 0.15) is 26.4 Å². The Balaban J connectivity index is 2.34. The van der Waals surface area contributed by atoms with E-state index in [1.807, 2.05) is 0 Å². The van der Waals surface area contributed by atoms with Crippen molar-refractivity contribution in [2.24, 2.45) is 0 Å². The molecule has 0 atom stereocenters. The van der Waals surface area contributed by atoms with Gasteiger partial charge in [0.25, 0.3) is 5.91 Å². The molecule has 0 fully saturated rings. The van der Waals surface area contributed by atoms with Crippen molar-refractivity contribution in [1.29, 1.82) is 0 Å². The monoisotopic (exact) mass is 306 g/mol. The van der Waals surface area contributed by atoms with Crippen LogP contribution in [0.5, 0.6) is 5.75 Å². The number of nitrogens with zero attached hydrogens (tertiary/aromatic N) is 1. The summed E-state index contributed by atoms with van der Waals surface area (Å²) >= 11 is 5.96. The average molecular weight is 307 g/mol. The van der Waals surface area contributed by atoms with E-state index >= 15 is 0 Å². The molecule has 0 aliphatic rings. The third-order valence-corrected chi connectivity index (χ3v) is 3.03. The molecule has 7 heteroatoms. The van der Waals surface area contributed by atoms with Gasteiger partial charge in [-0.3, -0.25) is 9.78 Å². The predicted octanol–water partition coefficient (Wildman–Crippen LogP) is 2.70. The van der Waals surface area contributed by atoms with Crippen LogP contribution in [-0.4, -0.2) is 27.1 Å². The number of carbonyl (C=O) groups is 2. The molecular formula is C14H11ClN2O4. The molecule has 0 aliphatic carbocycles. The summed E-state index contributed by atoms with van der Waals surface area (Å²) in [4.78, 5) is 27.2. The number of benzene rings is 1. The molecule has 3 N–H and O–H groups in total. The molecule has 1 aromatic heterocycles. The van der Waals surface area contributed by atoms with Crippen LogP contribution in [0.3, 0.4) is 0 Å². The number of carbonyl (C=O) groups excluding carboxylic acids is 1. The number of phenolic OH excluding ortho intramolecular Hbond substituents is 1. The highest BCUT2D eigenvalue weighted by molar-refractivity contribution is 6.34. The molecule has 0 spiro atoms. The lowest BCUT2D eigenvalue weighted by molar-refractivity contribution is 0.0697. The fraction of sp³-hybridized carbons (Fsp3) is 0.0714. The second-order valence-corrected chi connectivity index (χ2v) is 4.70. The molecule has 1 heterocycles. The molecule has 0 bridgehead atoms.